The lowest BCUT2D eigenvalue weighted by Crippen LogP contribution is -2.37. The summed E-state index contributed by atoms with van der Waals surface area (Å²) in [6, 6.07) is 10.4. The summed E-state index contributed by atoms with van der Waals surface area (Å²) in [4.78, 5) is 11.4. The summed E-state index contributed by atoms with van der Waals surface area (Å²) in [6.07, 6.45) is 2.35. The lowest BCUT2D eigenvalue weighted by Gasteiger charge is -2.16. The van der Waals surface area contributed by atoms with Gasteiger partial charge in [-0.3, -0.25) is 4.79 Å². The summed E-state index contributed by atoms with van der Waals surface area (Å²) in [7, 11) is 1.78. The van der Waals surface area contributed by atoms with Crippen LogP contribution < -0.4 is 10.6 Å². The van der Waals surface area contributed by atoms with Crippen LogP contribution in [-0.2, 0) is 10.2 Å². The zero-order valence-corrected chi connectivity index (χ0v) is 9.62. The molecule has 1 fully saturated rings. The van der Waals surface area contributed by atoms with Crippen LogP contribution >= 0.6 is 0 Å². The fraction of sp³-hybridized carbons (Fsp3) is 0.462. The van der Waals surface area contributed by atoms with Gasteiger partial charge >= 0.3 is 0 Å². The zero-order valence-electron chi connectivity index (χ0n) is 9.62. The number of benzene rings is 1. The van der Waals surface area contributed by atoms with Crippen molar-refractivity contribution in [2.75, 3.05) is 20.1 Å². The molecule has 0 unspecified atom stereocenters. The van der Waals surface area contributed by atoms with Crippen LogP contribution in [0.1, 0.15) is 18.4 Å². The average Bonchev–Trinajstić information content (AvgIpc) is 3.09. The molecule has 0 aromatic heterocycles. The van der Waals surface area contributed by atoms with Gasteiger partial charge in [-0.05, 0) is 25.5 Å². The number of hydrogen-bond donors (Lipinski definition) is 2. The Hall–Kier alpha value is -1.35. The molecule has 3 nitrogen and oxygen atoms in total. The van der Waals surface area contributed by atoms with Crippen molar-refractivity contribution in [1.82, 2.24) is 10.6 Å². The van der Waals surface area contributed by atoms with E-state index in [4.69, 9.17) is 0 Å². The monoisotopic (exact) mass is 218 g/mol. The quantitative estimate of drug-likeness (QED) is 0.775. The smallest absolute Gasteiger partial charge is 0.233 e. The average molecular weight is 218 g/mol. The lowest BCUT2D eigenvalue weighted by atomic mass is 9.96. The Morgan fingerprint density at radius 1 is 1.31 bits per heavy atom. The normalized spacial score (nSPS) is 16.8. The van der Waals surface area contributed by atoms with E-state index in [-0.39, 0.29) is 11.3 Å². The van der Waals surface area contributed by atoms with E-state index in [1.165, 1.54) is 18.4 Å². The van der Waals surface area contributed by atoms with Gasteiger partial charge in [0.15, 0.2) is 0 Å². The van der Waals surface area contributed by atoms with E-state index in [1.807, 2.05) is 6.07 Å². The van der Waals surface area contributed by atoms with Crippen molar-refractivity contribution in [2.24, 2.45) is 0 Å². The third-order valence-corrected chi connectivity index (χ3v) is 3.20. The second kappa shape index (κ2) is 4.66. The molecule has 1 aromatic rings. The molecule has 0 spiro atoms. The van der Waals surface area contributed by atoms with Crippen LogP contribution in [0.4, 0.5) is 0 Å². The molecule has 1 aliphatic rings. The van der Waals surface area contributed by atoms with E-state index >= 15 is 0 Å². The molecule has 2 N–H and O–H groups in total. The number of rotatable bonds is 5. The van der Waals surface area contributed by atoms with Crippen LogP contribution in [0.3, 0.4) is 0 Å². The number of amides is 1. The molecule has 0 saturated heterocycles. The Bertz CT molecular complexity index is 357. The lowest BCUT2D eigenvalue weighted by molar-refractivity contribution is -0.120. The van der Waals surface area contributed by atoms with Crippen LogP contribution in [0.5, 0.6) is 0 Å². The summed E-state index contributed by atoms with van der Waals surface area (Å²) in [5.74, 6) is 0.0738. The minimum Gasteiger partial charge on any atom is -0.354 e. The van der Waals surface area contributed by atoms with E-state index in [1.54, 1.807) is 7.05 Å². The van der Waals surface area contributed by atoms with E-state index in [0.717, 1.165) is 6.54 Å². The van der Waals surface area contributed by atoms with E-state index in [9.17, 15) is 4.79 Å². The SMILES string of the molecule is CNCC(=O)NCC1(c2ccccc2)CC1. The Morgan fingerprint density at radius 3 is 2.56 bits per heavy atom. The number of nitrogens with one attached hydrogen (secondary N) is 2. The predicted molar refractivity (Wildman–Crippen MR) is 64.3 cm³/mol. The first kappa shape index (κ1) is 11.1. The van der Waals surface area contributed by atoms with Gasteiger partial charge in [0.05, 0.1) is 6.54 Å². The number of carbonyl (C=O) groups excluding carboxylic acids is 1. The summed E-state index contributed by atoms with van der Waals surface area (Å²) >= 11 is 0. The van der Waals surface area contributed by atoms with Gasteiger partial charge in [0, 0.05) is 12.0 Å². The van der Waals surface area contributed by atoms with E-state index in [2.05, 4.69) is 34.9 Å². The minimum atomic E-state index is 0.0738. The third-order valence-electron chi connectivity index (χ3n) is 3.20. The molecule has 1 amide bonds. The van der Waals surface area contributed by atoms with Crippen LogP contribution in [0, 0.1) is 0 Å². The Kier molecular flexibility index (Phi) is 3.25. The largest absolute Gasteiger partial charge is 0.354 e. The van der Waals surface area contributed by atoms with Gasteiger partial charge in [0.2, 0.25) is 5.91 Å². The first-order valence-corrected chi connectivity index (χ1v) is 5.74. The van der Waals surface area contributed by atoms with Crippen LogP contribution in [-0.4, -0.2) is 26.0 Å². The molecule has 1 aromatic carbocycles. The molecule has 0 bridgehead atoms. The zero-order chi connectivity index (χ0) is 11.4. The summed E-state index contributed by atoms with van der Waals surface area (Å²) in [5, 5.41) is 5.84. The van der Waals surface area contributed by atoms with Crippen molar-refractivity contribution in [3.63, 3.8) is 0 Å². The molecule has 3 heteroatoms. The molecule has 0 atom stereocenters. The van der Waals surface area contributed by atoms with Gasteiger partial charge in [-0.15, -0.1) is 0 Å². The summed E-state index contributed by atoms with van der Waals surface area (Å²) < 4.78 is 0. The Labute approximate surface area is 96.2 Å². The number of likely N-dealkylation sites (N-methyl/N-ethyl adjacent to an activating group) is 1. The maximum atomic E-state index is 11.4. The van der Waals surface area contributed by atoms with Gasteiger partial charge in [0.25, 0.3) is 0 Å². The fourth-order valence-electron chi connectivity index (χ4n) is 2.00. The molecule has 0 aliphatic heterocycles. The van der Waals surface area contributed by atoms with Crippen molar-refractivity contribution in [3.8, 4) is 0 Å². The van der Waals surface area contributed by atoms with Crippen LogP contribution in [0.25, 0.3) is 0 Å². The molecule has 2 rings (SSSR count). The molecule has 86 valence electrons. The van der Waals surface area contributed by atoms with Crippen LogP contribution in [0.2, 0.25) is 0 Å². The summed E-state index contributed by atoms with van der Waals surface area (Å²) in [6.45, 7) is 1.16. The molecular weight excluding hydrogens is 200 g/mol. The second-order valence-electron chi connectivity index (χ2n) is 4.45. The Morgan fingerprint density at radius 2 is 2.00 bits per heavy atom. The van der Waals surface area contributed by atoms with E-state index < -0.39 is 0 Å². The highest BCUT2D eigenvalue weighted by atomic mass is 16.1. The van der Waals surface area contributed by atoms with Gasteiger partial charge in [-0.2, -0.15) is 0 Å². The first-order valence-electron chi connectivity index (χ1n) is 5.74. The fourth-order valence-corrected chi connectivity index (χ4v) is 2.00. The van der Waals surface area contributed by atoms with Crippen molar-refractivity contribution < 1.29 is 4.79 Å². The van der Waals surface area contributed by atoms with Gasteiger partial charge < -0.3 is 10.6 Å². The minimum absolute atomic E-state index is 0.0738. The maximum absolute atomic E-state index is 11.4. The van der Waals surface area contributed by atoms with Gasteiger partial charge in [-0.1, -0.05) is 30.3 Å². The Balaban J connectivity index is 1.92. The second-order valence-corrected chi connectivity index (χ2v) is 4.45. The topological polar surface area (TPSA) is 41.1 Å². The van der Waals surface area contributed by atoms with E-state index in [0.29, 0.717) is 6.54 Å². The highest BCUT2D eigenvalue weighted by Crippen LogP contribution is 2.47. The third kappa shape index (κ3) is 2.42. The van der Waals surface area contributed by atoms with Crippen LogP contribution in [0.15, 0.2) is 30.3 Å². The summed E-state index contributed by atoms with van der Waals surface area (Å²) in [5.41, 5.74) is 1.56. The first-order chi connectivity index (χ1) is 7.77. The molecule has 0 radical (unpaired) electrons. The molecule has 0 heterocycles. The van der Waals surface area contributed by atoms with Crippen molar-refractivity contribution >= 4 is 5.91 Å². The van der Waals surface area contributed by atoms with Crippen molar-refractivity contribution in [1.29, 1.82) is 0 Å². The molecule has 1 aliphatic carbocycles. The predicted octanol–water partition coefficient (Wildman–Crippen LogP) is 1.05. The maximum Gasteiger partial charge on any atom is 0.233 e. The highest BCUT2D eigenvalue weighted by molar-refractivity contribution is 5.78. The number of hydrogen-bond acceptors (Lipinski definition) is 2. The number of carbonyl (C=O) groups is 1. The van der Waals surface area contributed by atoms with Gasteiger partial charge in [0.1, 0.15) is 0 Å². The molecule has 16 heavy (non-hydrogen) atoms. The van der Waals surface area contributed by atoms with Crippen molar-refractivity contribution in [2.45, 2.75) is 18.3 Å². The van der Waals surface area contributed by atoms with Gasteiger partial charge in [-0.25, -0.2) is 0 Å². The molecule has 1 saturated carbocycles. The van der Waals surface area contributed by atoms with Crippen molar-refractivity contribution in [3.05, 3.63) is 35.9 Å². The molecular formula is C13H18N2O. The highest BCUT2D eigenvalue weighted by Gasteiger charge is 2.44. The standard InChI is InChI=1S/C13H18N2O/c1-14-9-12(16)15-10-13(7-8-13)11-5-3-2-4-6-11/h2-6,14H,7-10H2,1H3,(H,15,16).